The molecule has 35 heavy (non-hydrogen) atoms. The quantitative estimate of drug-likeness (QED) is 0.460. The van der Waals surface area contributed by atoms with Crippen molar-refractivity contribution in [2.24, 2.45) is 11.8 Å². The zero-order chi connectivity index (χ0) is 25.0. The predicted octanol–water partition coefficient (Wildman–Crippen LogP) is 6.07. The highest BCUT2D eigenvalue weighted by Gasteiger charge is 2.25. The topological polar surface area (TPSA) is 24.9 Å². The number of ether oxygens (including phenoxy) is 2. The number of hydrogen-bond donors (Lipinski definition) is 0. The molecule has 2 aromatic carbocycles. The Hall–Kier alpha value is -2.04. The summed E-state index contributed by atoms with van der Waals surface area (Å²) in [4.78, 5) is 4.84. The second-order valence-corrected chi connectivity index (χ2v) is 11.7. The van der Waals surface area contributed by atoms with Gasteiger partial charge in [-0.1, -0.05) is 38.1 Å². The smallest absolute Gasteiger partial charge is 0.122 e. The minimum absolute atomic E-state index is 0.0925. The van der Waals surface area contributed by atoms with E-state index in [0.29, 0.717) is 11.8 Å². The third-order valence-corrected chi connectivity index (χ3v) is 8.19. The van der Waals surface area contributed by atoms with Gasteiger partial charge < -0.3 is 19.3 Å². The van der Waals surface area contributed by atoms with Crippen molar-refractivity contribution in [2.45, 2.75) is 58.8 Å². The van der Waals surface area contributed by atoms with Crippen LogP contribution in [-0.2, 0) is 5.41 Å². The maximum Gasteiger partial charge on any atom is 0.122 e. The van der Waals surface area contributed by atoms with Crippen LogP contribution >= 0.6 is 0 Å². The second kappa shape index (κ2) is 11.3. The van der Waals surface area contributed by atoms with E-state index < -0.39 is 0 Å². The normalized spacial score (nSPS) is 22.2. The Balaban J connectivity index is 1.39. The first-order chi connectivity index (χ1) is 16.7. The highest BCUT2D eigenvalue weighted by Crippen LogP contribution is 2.36. The molecule has 4 rings (SSSR count). The standard InChI is InChI=1S/C31H46N2O2/c1-23-17-27(11-13-29(23)34-21-25-9-7-15-32(5)19-25)31(3,4)28-12-14-30(24(2)18-28)35-22-26-10-8-16-33(6)20-26/h11-14,17-18,25-26H,7-10,15-16,19-22H2,1-6H3. The largest absolute Gasteiger partial charge is 0.493 e. The van der Waals surface area contributed by atoms with Gasteiger partial charge >= 0.3 is 0 Å². The molecule has 192 valence electrons. The minimum Gasteiger partial charge on any atom is -0.493 e. The van der Waals surface area contributed by atoms with Gasteiger partial charge in [0.05, 0.1) is 13.2 Å². The molecular formula is C31H46N2O2. The molecule has 0 bridgehead atoms. The fraction of sp³-hybridized carbons (Fsp3) is 0.613. The van der Waals surface area contributed by atoms with Crippen molar-refractivity contribution in [1.82, 2.24) is 9.80 Å². The van der Waals surface area contributed by atoms with Crippen LogP contribution in [0.1, 0.15) is 61.8 Å². The summed E-state index contributed by atoms with van der Waals surface area (Å²) < 4.78 is 12.5. The van der Waals surface area contributed by atoms with Crippen LogP contribution in [0.4, 0.5) is 0 Å². The van der Waals surface area contributed by atoms with E-state index in [-0.39, 0.29) is 5.41 Å². The van der Waals surface area contributed by atoms with Crippen LogP contribution in [0, 0.1) is 25.7 Å². The summed E-state index contributed by atoms with van der Waals surface area (Å²) >= 11 is 0. The van der Waals surface area contributed by atoms with Crippen molar-refractivity contribution in [3.8, 4) is 11.5 Å². The van der Waals surface area contributed by atoms with E-state index in [2.05, 4.69) is 88.0 Å². The minimum atomic E-state index is -0.0925. The van der Waals surface area contributed by atoms with Crippen LogP contribution in [0.5, 0.6) is 11.5 Å². The Kier molecular flexibility index (Phi) is 8.44. The van der Waals surface area contributed by atoms with E-state index in [0.717, 1.165) is 37.8 Å². The van der Waals surface area contributed by atoms with Crippen molar-refractivity contribution >= 4 is 0 Å². The van der Waals surface area contributed by atoms with E-state index in [9.17, 15) is 0 Å². The molecule has 0 spiro atoms. The van der Waals surface area contributed by atoms with Crippen molar-refractivity contribution < 1.29 is 9.47 Å². The molecule has 0 aromatic heterocycles. The average Bonchev–Trinajstić information content (AvgIpc) is 2.82. The van der Waals surface area contributed by atoms with Gasteiger partial charge in [0.15, 0.2) is 0 Å². The molecule has 0 radical (unpaired) electrons. The van der Waals surface area contributed by atoms with Crippen LogP contribution in [0.25, 0.3) is 0 Å². The molecule has 2 aromatic rings. The van der Waals surface area contributed by atoms with E-state index in [4.69, 9.17) is 9.47 Å². The molecule has 2 atom stereocenters. The maximum absolute atomic E-state index is 6.27. The van der Waals surface area contributed by atoms with E-state index in [1.54, 1.807) is 0 Å². The highest BCUT2D eigenvalue weighted by atomic mass is 16.5. The van der Waals surface area contributed by atoms with Gasteiger partial charge in [-0.25, -0.2) is 0 Å². The lowest BCUT2D eigenvalue weighted by molar-refractivity contribution is 0.150. The Labute approximate surface area is 213 Å². The molecule has 2 unspecified atom stereocenters. The molecule has 0 saturated carbocycles. The van der Waals surface area contributed by atoms with Crippen molar-refractivity contribution in [1.29, 1.82) is 0 Å². The molecule has 2 fully saturated rings. The Morgan fingerprint density at radius 3 is 1.54 bits per heavy atom. The first-order valence-electron chi connectivity index (χ1n) is 13.6. The van der Waals surface area contributed by atoms with Gasteiger partial charge in [0.2, 0.25) is 0 Å². The molecule has 0 aliphatic carbocycles. The fourth-order valence-electron chi connectivity index (χ4n) is 5.80. The summed E-state index contributed by atoms with van der Waals surface area (Å²) in [5.41, 5.74) is 4.98. The van der Waals surface area contributed by atoms with Crippen LogP contribution in [0.15, 0.2) is 36.4 Å². The first-order valence-corrected chi connectivity index (χ1v) is 13.6. The summed E-state index contributed by atoms with van der Waals surface area (Å²) in [6.07, 6.45) is 5.09. The van der Waals surface area contributed by atoms with E-state index in [1.807, 2.05) is 0 Å². The molecule has 4 heteroatoms. The summed E-state index contributed by atoms with van der Waals surface area (Å²) in [5, 5.41) is 0. The lowest BCUT2D eigenvalue weighted by atomic mass is 9.77. The number of rotatable bonds is 8. The summed E-state index contributed by atoms with van der Waals surface area (Å²) in [6, 6.07) is 13.4. The molecule has 2 aliphatic heterocycles. The number of aryl methyl sites for hydroxylation is 2. The number of likely N-dealkylation sites (tertiary alicyclic amines) is 2. The number of piperidine rings is 2. The molecule has 0 amide bonds. The van der Waals surface area contributed by atoms with Crippen LogP contribution < -0.4 is 9.47 Å². The van der Waals surface area contributed by atoms with E-state index in [1.165, 1.54) is 61.0 Å². The highest BCUT2D eigenvalue weighted by molar-refractivity contribution is 5.47. The van der Waals surface area contributed by atoms with Gasteiger partial charge in [-0.05, 0) is 101 Å². The van der Waals surface area contributed by atoms with E-state index >= 15 is 0 Å². The van der Waals surface area contributed by atoms with Gasteiger partial charge in [0.1, 0.15) is 11.5 Å². The molecule has 0 N–H and O–H groups in total. The number of hydrogen-bond acceptors (Lipinski definition) is 4. The Morgan fingerprint density at radius 1 is 0.743 bits per heavy atom. The zero-order valence-electron chi connectivity index (χ0n) is 22.9. The van der Waals surface area contributed by atoms with Crippen molar-refractivity contribution in [3.05, 3.63) is 58.7 Å². The molecule has 2 aliphatic rings. The number of nitrogens with zero attached hydrogens (tertiary/aromatic N) is 2. The second-order valence-electron chi connectivity index (χ2n) is 11.7. The Morgan fingerprint density at radius 2 is 1.17 bits per heavy atom. The Bertz CT molecular complexity index is 908. The third-order valence-electron chi connectivity index (χ3n) is 8.19. The monoisotopic (exact) mass is 478 g/mol. The van der Waals surface area contributed by atoms with Crippen molar-refractivity contribution in [3.63, 3.8) is 0 Å². The van der Waals surface area contributed by atoms with Gasteiger partial charge in [-0.2, -0.15) is 0 Å². The lowest BCUT2D eigenvalue weighted by Gasteiger charge is -2.30. The van der Waals surface area contributed by atoms with Crippen LogP contribution in [-0.4, -0.2) is 63.3 Å². The summed E-state index contributed by atoms with van der Waals surface area (Å²) in [5.74, 6) is 3.30. The third kappa shape index (κ3) is 6.59. The average molecular weight is 479 g/mol. The molecule has 2 heterocycles. The first kappa shape index (κ1) is 26.0. The van der Waals surface area contributed by atoms with Crippen molar-refractivity contribution in [2.75, 3.05) is 53.5 Å². The maximum atomic E-state index is 6.27. The van der Waals surface area contributed by atoms with Gasteiger partial charge in [0.25, 0.3) is 0 Å². The zero-order valence-corrected chi connectivity index (χ0v) is 22.9. The molecule has 4 nitrogen and oxygen atoms in total. The fourth-order valence-corrected chi connectivity index (χ4v) is 5.80. The summed E-state index contributed by atoms with van der Waals surface area (Å²) in [6.45, 7) is 15.3. The molecular weight excluding hydrogens is 432 g/mol. The van der Waals surface area contributed by atoms with Crippen LogP contribution in [0.3, 0.4) is 0 Å². The van der Waals surface area contributed by atoms with Gasteiger partial charge in [0, 0.05) is 30.3 Å². The van der Waals surface area contributed by atoms with Gasteiger partial charge in [-0.15, -0.1) is 0 Å². The number of benzene rings is 2. The predicted molar refractivity (Wildman–Crippen MR) is 146 cm³/mol. The van der Waals surface area contributed by atoms with Crippen LogP contribution in [0.2, 0.25) is 0 Å². The molecule has 2 saturated heterocycles. The SMILES string of the molecule is Cc1cc(C(C)(C)c2ccc(OCC3CCCN(C)C3)c(C)c2)ccc1OCC1CCCN(C)C1. The summed E-state index contributed by atoms with van der Waals surface area (Å²) in [7, 11) is 4.42. The van der Waals surface area contributed by atoms with Gasteiger partial charge in [-0.3, -0.25) is 0 Å². The lowest BCUT2D eigenvalue weighted by Crippen LogP contribution is -2.34.